The predicted octanol–water partition coefficient (Wildman–Crippen LogP) is 5.86. The van der Waals surface area contributed by atoms with Crippen molar-refractivity contribution in [2.24, 2.45) is 0 Å². The van der Waals surface area contributed by atoms with E-state index >= 15 is 0 Å². The van der Waals surface area contributed by atoms with Crippen LogP contribution in [0.4, 0.5) is 0 Å². The first-order valence-corrected chi connectivity index (χ1v) is 9.53. The number of rotatable bonds is 3. The molecule has 0 spiro atoms. The Balaban J connectivity index is 1.63. The maximum atomic E-state index is 4.70. The summed E-state index contributed by atoms with van der Waals surface area (Å²) in [6.45, 7) is 0. The second kappa shape index (κ2) is 6.04. The summed E-state index contributed by atoms with van der Waals surface area (Å²) in [5.74, 6) is 0. The Labute approximate surface area is 145 Å². The molecule has 0 radical (unpaired) electrons. The fourth-order valence-electron chi connectivity index (χ4n) is 2.08. The molecule has 0 saturated heterocycles. The van der Waals surface area contributed by atoms with Crippen molar-refractivity contribution in [3.05, 3.63) is 53.9 Å². The molecule has 2 aromatic heterocycles. The molecule has 22 heavy (non-hydrogen) atoms. The third-order valence-electron chi connectivity index (χ3n) is 3.11. The van der Waals surface area contributed by atoms with Crippen LogP contribution < -0.4 is 0 Å². The molecule has 0 N–H and O–H groups in total. The Morgan fingerprint density at radius 3 is 2.59 bits per heavy atom. The van der Waals surface area contributed by atoms with E-state index in [9.17, 15) is 0 Å². The number of benzene rings is 2. The topological polar surface area (TPSA) is 25.8 Å². The van der Waals surface area contributed by atoms with Gasteiger partial charge in [0.1, 0.15) is 0 Å². The zero-order valence-corrected chi connectivity index (χ0v) is 14.6. The minimum atomic E-state index is 0.921. The Morgan fingerprint density at radius 2 is 1.77 bits per heavy atom. The summed E-state index contributed by atoms with van der Waals surface area (Å²) in [4.78, 5) is 10.3. The van der Waals surface area contributed by atoms with Crippen LogP contribution in [0.3, 0.4) is 0 Å². The molecule has 0 fully saturated rings. The highest BCUT2D eigenvalue weighted by Crippen LogP contribution is 2.38. The van der Waals surface area contributed by atoms with E-state index in [1.165, 1.54) is 0 Å². The number of para-hydroxylation sites is 1. The molecule has 4 aromatic rings. The lowest BCUT2D eigenvalue weighted by atomic mass is 10.2. The van der Waals surface area contributed by atoms with Gasteiger partial charge in [0.05, 0.1) is 15.9 Å². The van der Waals surface area contributed by atoms with E-state index in [0.29, 0.717) is 0 Å². The van der Waals surface area contributed by atoms with Crippen LogP contribution in [-0.4, -0.2) is 9.97 Å². The zero-order valence-electron chi connectivity index (χ0n) is 11.3. The van der Waals surface area contributed by atoms with E-state index in [1.54, 1.807) is 34.4 Å². The van der Waals surface area contributed by atoms with Gasteiger partial charge in [-0.2, -0.15) is 0 Å². The number of hydrogen-bond acceptors (Lipinski definition) is 6. The van der Waals surface area contributed by atoms with E-state index in [1.807, 2.05) is 30.3 Å². The van der Waals surface area contributed by atoms with E-state index < -0.39 is 0 Å². The summed E-state index contributed by atoms with van der Waals surface area (Å²) in [7, 11) is 0. The molecule has 6 heteroatoms. The fourth-order valence-corrected chi connectivity index (χ4v) is 5.52. The van der Waals surface area contributed by atoms with Gasteiger partial charge in [0.2, 0.25) is 0 Å². The molecular weight excluding hydrogens is 348 g/mol. The molecule has 0 saturated carbocycles. The lowest BCUT2D eigenvalue weighted by Crippen LogP contribution is -1.76. The molecule has 2 heterocycles. The maximum absolute atomic E-state index is 4.70. The first kappa shape index (κ1) is 14.3. The van der Waals surface area contributed by atoms with Gasteiger partial charge in [-0.1, -0.05) is 36.4 Å². The zero-order chi connectivity index (χ0) is 14.9. The SMILES string of the molecule is Sc1cccc2sc(Sc3nc(-c4ccccc4)cs3)nc12. The predicted molar refractivity (Wildman–Crippen MR) is 98.5 cm³/mol. The van der Waals surface area contributed by atoms with Crippen molar-refractivity contribution in [3.8, 4) is 11.3 Å². The quantitative estimate of drug-likeness (QED) is 0.465. The van der Waals surface area contributed by atoms with Gasteiger partial charge in [-0.15, -0.1) is 35.3 Å². The molecule has 0 atom stereocenters. The van der Waals surface area contributed by atoms with Gasteiger partial charge >= 0.3 is 0 Å². The summed E-state index contributed by atoms with van der Waals surface area (Å²) in [5.41, 5.74) is 3.13. The Bertz CT molecular complexity index is 928. The molecule has 2 nitrogen and oxygen atoms in total. The molecular formula is C16H10N2S4. The Hall–Kier alpha value is -1.34. The minimum Gasteiger partial charge on any atom is -0.229 e. The molecule has 4 rings (SSSR count). The van der Waals surface area contributed by atoms with E-state index in [4.69, 9.17) is 4.98 Å². The average Bonchev–Trinajstić information content (AvgIpc) is 3.16. The molecule has 108 valence electrons. The average molecular weight is 359 g/mol. The number of fused-ring (bicyclic) bond motifs is 1. The van der Waals surface area contributed by atoms with Crippen molar-refractivity contribution < 1.29 is 0 Å². The third kappa shape index (κ3) is 2.79. The highest BCUT2D eigenvalue weighted by molar-refractivity contribution is 8.02. The first-order chi connectivity index (χ1) is 10.8. The largest absolute Gasteiger partial charge is 0.229 e. The highest BCUT2D eigenvalue weighted by atomic mass is 32.2. The third-order valence-corrected chi connectivity index (χ3v) is 6.49. The van der Waals surface area contributed by atoms with Crippen molar-refractivity contribution in [2.45, 2.75) is 13.6 Å². The van der Waals surface area contributed by atoms with Crippen molar-refractivity contribution in [1.82, 2.24) is 9.97 Å². The second-order valence-electron chi connectivity index (χ2n) is 4.57. The van der Waals surface area contributed by atoms with Gasteiger partial charge < -0.3 is 0 Å². The van der Waals surface area contributed by atoms with Crippen molar-refractivity contribution >= 4 is 57.3 Å². The van der Waals surface area contributed by atoms with Crippen LogP contribution in [0.15, 0.2) is 67.5 Å². The van der Waals surface area contributed by atoms with Crippen LogP contribution in [0.25, 0.3) is 21.5 Å². The first-order valence-electron chi connectivity index (χ1n) is 6.57. The molecule has 0 amide bonds. The Kier molecular flexibility index (Phi) is 3.92. The molecule has 0 aliphatic rings. The maximum Gasteiger partial charge on any atom is 0.158 e. The molecule has 0 bridgehead atoms. The lowest BCUT2D eigenvalue weighted by Gasteiger charge is -1.94. The van der Waals surface area contributed by atoms with Gasteiger partial charge in [0.25, 0.3) is 0 Å². The van der Waals surface area contributed by atoms with Gasteiger partial charge in [-0.3, -0.25) is 0 Å². The second-order valence-corrected chi connectivity index (χ2v) is 8.44. The number of thiazole rings is 2. The van der Waals surface area contributed by atoms with Gasteiger partial charge in [-0.05, 0) is 23.9 Å². The number of aromatic nitrogens is 2. The van der Waals surface area contributed by atoms with Crippen LogP contribution in [0.5, 0.6) is 0 Å². The summed E-state index contributed by atoms with van der Waals surface area (Å²) in [6.07, 6.45) is 0. The summed E-state index contributed by atoms with van der Waals surface area (Å²) in [5, 5.41) is 2.09. The van der Waals surface area contributed by atoms with Gasteiger partial charge in [-0.25, -0.2) is 9.97 Å². The number of thiol groups is 1. The normalized spacial score (nSPS) is 11.1. The fraction of sp³-hybridized carbons (Fsp3) is 0. The number of nitrogens with zero attached hydrogens (tertiary/aromatic N) is 2. The summed E-state index contributed by atoms with van der Waals surface area (Å²) < 4.78 is 3.18. The summed E-state index contributed by atoms with van der Waals surface area (Å²) in [6, 6.07) is 16.3. The standard InChI is InChI=1S/C16H10N2S4/c19-12-7-4-8-13-14(12)18-16(21-13)22-15-17-11(9-20-15)10-5-2-1-3-6-10/h1-9,19H. The van der Waals surface area contributed by atoms with E-state index in [2.05, 4.69) is 41.2 Å². The van der Waals surface area contributed by atoms with Crippen molar-refractivity contribution in [3.63, 3.8) is 0 Å². The van der Waals surface area contributed by atoms with Crippen molar-refractivity contribution in [1.29, 1.82) is 0 Å². The Morgan fingerprint density at radius 1 is 0.909 bits per heavy atom. The smallest absolute Gasteiger partial charge is 0.158 e. The van der Waals surface area contributed by atoms with E-state index in [-0.39, 0.29) is 0 Å². The minimum absolute atomic E-state index is 0.921. The monoisotopic (exact) mass is 358 g/mol. The molecule has 0 aliphatic heterocycles. The molecule has 0 unspecified atom stereocenters. The van der Waals surface area contributed by atoms with Crippen LogP contribution in [0.2, 0.25) is 0 Å². The van der Waals surface area contributed by atoms with Crippen LogP contribution >= 0.6 is 47.1 Å². The van der Waals surface area contributed by atoms with Crippen LogP contribution in [0, 0.1) is 0 Å². The van der Waals surface area contributed by atoms with Crippen LogP contribution in [-0.2, 0) is 0 Å². The van der Waals surface area contributed by atoms with Gasteiger partial charge in [0, 0.05) is 15.8 Å². The molecule has 2 aromatic carbocycles. The van der Waals surface area contributed by atoms with E-state index in [0.717, 1.165) is 35.0 Å². The van der Waals surface area contributed by atoms with Crippen LogP contribution in [0.1, 0.15) is 0 Å². The lowest BCUT2D eigenvalue weighted by molar-refractivity contribution is 1.23. The van der Waals surface area contributed by atoms with Crippen molar-refractivity contribution in [2.75, 3.05) is 0 Å². The highest BCUT2D eigenvalue weighted by Gasteiger charge is 2.11. The summed E-state index contributed by atoms with van der Waals surface area (Å²) >= 11 is 9.42. The van der Waals surface area contributed by atoms with Gasteiger partial charge in [0.15, 0.2) is 8.68 Å². The molecule has 0 aliphatic carbocycles. The number of hydrogen-bond donors (Lipinski definition) is 1.